The van der Waals surface area contributed by atoms with Crippen LogP contribution < -0.4 is 9.47 Å². The predicted octanol–water partition coefficient (Wildman–Crippen LogP) is 10.2. The number of aryl methyl sites for hydroxylation is 1. The van der Waals surface area contributed by atoms with Crippen LogP contribution in [0.15, 0.2) is 72.8 Å². The molecular formula is C35H46O3. The van der Waals surface area contributed by atoms with Crippen LogP contribution in [-0.4, -0.2) is 12.1 Å². The molecular weight excluding hydrogens is 468 g/mol. The van der Waals surface area contributed by atoms with E-state index in [2.05, 4.69) is 32.9 Å². The fraction of sp³-hybridized carbons (Fsp3) is 0.457. The molecule has 0 fully saturated rings. The number of hydrogen-bond acceptors (Lipinski definition) is 3. The number of unbranched alkanes of at least 4 members (excludes halogenated alkanes) is 8. The van der Waals surface area contributed by atoms with Crippen molar-refractivity contribution < 1.29 is 14.3 Å². The molecule has 0 saturated heterocycles. The van der Waals surface area contributed by atoms with Crippen LogP contribution in [0.3, 0.4) is 0 Å². The van der Waals surface area contributed by atoms with Crippen molar-refractivity contribution in [1.29, 1.82) is 0 Å². The van der Waals surface area contributed by atoms with Crippen molar-refractivity contribution in [3.63, 3.8) is 0 Å². The molecule has 0 radical (unpaired) electrons. The molecule has 0 spiro atoms. The quantitative estimate of drug-likeness (QED) is 0.102. The van der Waals surface area contributed by atoms with Crippen molar-refractivity contribution in [2.24, 2.45) is 0 Å². The van der Waals surface area contributed by atoms with Crippen molar-refractivity contribution in [3.05, 3.63) is 83.9 Å². The molecule has 0 bridgehead atoms. The Hall–Kier alpha value is -3.07. The van der Waals surface area contributed by atoms with Gasteiger partial charge >= 0.3 is 5.97 Å². The topological polar surface area (TPSA) is 35.5 Å². The molecule has 0 heterocycles. The SMILES string of the molecule is CCCCCCCCc1ccc(C(=O)Oc2ccc(-c3ccc(O[C@@H](C)CCCCCC)cc3)cc2)cc1. The average molecular weight is 515 g/mol. The van der Waals surface area contributed by atoms with Crippen molar-refractivity contribution in [2.75, 3.05) is 0 Å². The third-order valence-corrected chi connectivity index (χ3v) is 7.06. The molecule has 0 aromatic heterocycles. The molecule has 3 aromatic rings. The van der Waals surface area contributed by atoms with E-state index >= 15 is 0 Å². The zero-order chi connectivity index (χ0) is 27.0. The summed E-state index contributed by atoms with van der Waals surface area (Å²) in [7, 11) is 0. The standard InChI is InChI=1S/C35H46O3/c1-4-6-8-10-11-13-15-29-16-18-32(19-17-29)35(36)38-34-26-22-31(23-27-34)30-20-24-33(25-21-30)37-28(3)14-12-9-7-5-2/h16-28H,4-15H2,1-3H3/t28-/m0/s1. The summed E-state index contributed by atoms with van der Waals surface area (Å²) in [5, 5.41) is 0. The molecule has 1 atom stereocenters. The lowest BCUT2D eigenvalue weighted by Gasteiger charge is -2.15. The van der Waals surface area contributed by atoms with Gasteiger partial charge in [-0.2, -0.15) is 0 Å². The van der Waals surface area contributed by atoms with Crippen LogP contribution in [0.1, 0.15) is 107 Å². The van der Waals surface area contributed by atoms with E-state index in [1.165, 1.54) is 69.8 Å². The Morgan fingerprint density at radius 1 is 0.632 bits per heavy atom. The Labute approximate surface area is 230 Å². The molecule has 0 aliphatic rings. The highest BCUT2D eigenvalue weighted by atomic mass is 16.5. The Kier molecular flexibility index (Phi) is 13.0. The lowest BCUT2D eigenvalue weighted by molar-refractivity contribution is 0.0734. The number of rotatable bonds is 17. The van der Waals surface area contributed by atoms with Gasteiger partial charge in [0, 0.05) is 0 Å². The molecule has 3 rings (SSSR count). The minimum Gasteiger partial charge on any atom is -0.491 e. The van der Waals surface area contributed by atoms with Crippen LogP contribution in [0, 0.1) is 0 Å². The largest absolute Gasteiger partial charge is 0.491 e. The number of ether oxygens (including phenoxy) is 2. The highest BCUT2D eigenvalue weighted by Crippen LogP contribution is 2.26. The summed E-state index contributed by atoms with van der Waals surface area (Å²) in [4.78, 5) is 12.6. The van der Waals surface area contributed by atoms with Gasteiger partial charge in [0.2, 0.25) is 0 Å². The van der Waals surface area contributed by atoms with Crippen LogP contribution in [0.5, 0.6) is 11.5 Å². The van der Waals surface area contributed by atoms with Gasteiger partial charge in [0.25, 0.3) is 0 Å². The van der Waals surface area contributed by atoms with E-state index < -0.39 is 0 Å². The van der Waals surface area contributed by atoms with Crippen LogP contribution in [0.2, 0.25) is 0 Å². The maximum absolute atomic E-state index is 12.6. The summed E-state index contributed by atoms with van der Waals surface area (Å²) < 4.78 is 11.7. The minimum atomic E-state index is -0.325. The third kappa shape index (κ3) is 10.4. The van der Waals surface area contributed by atoms with E-state index in [9.17, 15) is 4.79 Å². The predicted molar refractivity (Wildman–Crippen MR) is 159 cm³/mol. The molecule has 0 N–H and O–H groups in total. The molecule has 0 saturated carbocycles. The van der Waals surface area contributed by atoms with Crippen molar-refractivity contribution >= 4 is 5.97 Å². The van der Waals surface area contributed by atoms with Gasteiger partial charge in [0.05, 0.1) is 11.7 Å². The van der Waals surface area contributed by atoms with E-state index in [-0.39, 0.29) is 12.1 Å². The summed E-state index contributed by atoms with van der Waals surface area (Å²) in [5.74, 6) is 1.13. The minimum absolute atomic E-state index is 0.225. The van der Waals surface area contributed by atoms with Gasteiger partial charge in [-0.15, -0.1) is 0 Å². The number of esters is 1. The monoisotopic (exact) mass is 514 g/mol. The maximum Gasteiger partial charge on any atom is 0.343 e. The van der Waals surface area contributed by atoms with Crippen LogP contribution in [0.25, 0.3) is 11.1 Å². The maximum atomic E-state index is 12.6. The molecule has 38 heavy (non-hydrogen) atoms. The average Bonchev–Trinajstić information content (AvgIpc) is 2.94. The molecule has 0 unspecified atom stereocenters. The first-order valence-corrected chi connectivity index (χ1v) is 14.8. The fourth-order valence-electron chi connectivity index (χ4n) is 4.67. The van der Waals surface area contributed by atoms with Crippen LogP contribution in [-0.2, 0) is 6.42 Å². The molecule has 3 aromatic carbocycles. The summed E-state index contributed by atoms with van der Waals surface area (Å²) >= 11 is 0. The highest BCUT2D eigenvalue weighted by Gasteiger charge is 2.10. The number of carbonyl (C=O) groups excluding carboxylic acids is 1. The van der Waals surface area contributed by atoms with Gasteiger partial charge in [-0.3, -0.25) is 0 Å². The molecule has 3 nitrogen and oxygen atoms in total. The van der Waals surface area contributed by atoms with E-state index in [1.54, 1.807) is 0 Å². The number of carbonyl (C=O) groups is 1. The van der Waals surface area contributed by atoms with E-state index in [0.717, 1.165) is 29.7 Å². The normalized spacial score (nSPS) is 11.8. The zero-order valence-electron chi connectivity index (χ0n) is 23.7. The summed E-state index contributed by atoms with van der Waals surface area (Å²) in [6.07, 6.45) is 15.2. The lowest BCUT2D eigenvalue weighted by atomic mass is 10.0. The second-order valence-electron chi connectivity index (χ2n) is 10.4. The highest BCUT2D eigenvalue weighted by molar-refractivity contribution is 5.91. The van der Waals surface area contributed by atoms with Gasteiger partial charge in [-0.25, -0.2) is 4.79 Å². The Morgan fingerprint density at radius 3 is 1.76 bits per heavy atom. The van der Waals surface area contributed by atoms with Crippen molar-refractivity contribution in [1.82, 2.24) is 0 Å². The smallest absolute Gasteiger partial charge is 0.343 e. The van der Waals surface area contributed by atoms with Gasteiger partial charge in [-0.1, -0.05) is 102 Å². The first-order valence-electron chi connectivity index (χ1n) is 14.8. The van der Waals surface area contributed by atoms with Gasteiger partial charge in [0.1, 0.15) is 11.5 Å². The number of hydrogen-bond donors (Lipinski definition) is 0. The fourth-order valence-corrected chi connectivity index (χ4v) is 4.67. The first kappa shape index (κ1) is 29.5. The van der Waals surface area contributed by atoms with Gasteiger partial charge in [0.15, 0.2) is 0 Å². The zero-order valence-corrected chi connectivity index (χ0v) is 23.7. The van der Waals surface area contributed by atoms with E-state index in [1.807, 2.05) is 60.7 Å². The lowest BCUT2D eigenvalue weighted by Crippen LogP contribution is -2.11. The summed E-state index contributed by atoms with van der Waals surface area (Å²) in [6, 6.07) is 23.7. The van der Waals surface area contributed by atoms with Crippen LogP contribution in [0.4, 0.5) is 0 Å². The molecule has 0 aliphatic carbocycles. The molecule has 0 aliphatic heterocycles. The Bertz CT molecular complexity index is 1050. The van der Waals surface area contributed by atoms with E-state index in [0.29, 0.717) is 11.3 Å². The van der Waals surface area contributed by atoms with Crippen LogP contribution >= 0.6 is 0 Å². The second kappa shape index (κ2) is 16.7. The third-order valence-electron chi connectivity index (χ3n) is 7.06. The summed E-state index contributed by atoms with van der Waals surface area (Å²) in [5.41, 5.74) is 4.03. The summed E-state index contributed by atoms with van der Waals surface area (Å²) in [6.45, 7) is 6.62. The Balaban J connectivity index is 1.45. The second-order valence-corrected chi connectivity index (χ2v) is 10.4. The molecule has 204 valence electrons. The van der Waals surface area contributed by atoms with Crippen molar-refractivity contribution in [3.8, 4) is 22.6 Å². The van der Waals surface area contributed by atoms with Gasteiger partial charge in [-0.05, 0) is 85.7 Å². The Morgan fingerprint density at radius 2 is 1.16 bits per heavy atom. The molecule has 3 heteroatoms. The first-order chi connectivity index (χ1) is 18.6. The van der Waals surface area contributed by atoms with Crippen molar-refractivity contribution in [2.45, 2.75) is 104 Å². The molecule has 0 amide bonds. The number of benzene rings is 3. The van der Waals surface area contributed by atoms with E-state index in [4.69, 9.17) is 9.47 Å². The van der Waals surface area contributed by atoms with Gasteiger partial charge < -0.3 is 9.47 Å².